The number of nitrogens with zero attached hydrogens (tertiary/aromatic N) is 3. The highest BCUT2D eigenvalue weighted by Gasteiger charge is 2.26. The quantitative estimate of drug-likeness (QED) is 0.872. The molecular formula is C20H26N4O. The monoisotopic (exact) mass is 338 g/mol. The minimum absolute atomic E-state index is 0.558. The second-order valence-corrected chi connectivity index (χ2v) is 7.08. The summed E-state index contributed by atoms with van der Waals surface area (Å²) in [5.74, 6) is 2.11. The average molecular weight is 338 g/mol. The van der Waals surface area contributed by atoms with Crippen molar-refractivity contribution in [2.45, 2.75) is 26.3 Å². The standard InChI is InChI=1S/C20H26N4O/c1-14-3-4-17(21)13-18(14)16-11-19(23-7-9-25-10-8-23)22-20(12-16)24-6-5-15(24)2/h3-4,11-13,15H,5-10,21H2,1-2H3/t15-/m0/s1. The first kappa shape index (κ1) is 16.2. The number of rotatable bonds is 3. The molecule has 1 atom stereocenters. The van der Waals surface area contributed by atoms with Crippen LogP contribution in [0.4, 0.5) is 17.3 Å². The third-order valence-corrected chi connectivity index (χ3v) is 5.32. The Morgan fingerprint density at radius 2 is 1.84 bits per heavy atom. The molecule has 5 nitrogen and oxygen atoms in total. The maximum Gasteiger partial charge on any atom is 0.131 e. The van der Waals surface area contributed by atoms with Crippen LogP contribution in [0.15, 0.2) is 30.3 Å². The van der Waals surface area contributed by atoms with E-state index in [4.69, 9.17) is 15.5 Å². The number of anilines is 3. The zero-order valence-corrected chi connectivity index (χ0v) is 15.0. The molecule has 0 amide bonds. The van der Waals surface area contributed by atoms with E-state index in [0.29, 0.717) is 6.04 Å². The van der Waals surface area contributed by atoms with Gasteiger partial charge >= 0.3 is 0 Å². The van der Waals surface area contributed by atoms with E-state index < -0.39 is 0 Å². The van der Waals surface area contributed by atoms with Gasteiger partial charge in [0.05, 0.1) is 13.2 Å². The number of ether oxygens (including phenoxy) is 1. The van der Waals surface area contributed by atoms with Crippen LogP contribution in [0.25, 0.3) is 11.1 Å². The summed E-state index contributed by atoms with van der Waals surface area (Å²) in [5.41, 5.74) is 10.5. The molecule has 5 heteroatoms. The van der Waals surface area contributed by atoms with Crippen molar-refractivity contribution in [3.63, 3.8) is 0 Å². The van der Waals surface area contributed by atoms with Gasteiger partial charge in [0.15, 0.2) is 0 Å². The molecule has 2 aliphatic rings. The summed E-state index contributed by atoms with van der Waals surface area (Å²) < 4.78 is 5.50. The van der Waals surface area contributed by atoms with E-state index in [9.17, 15) is 0 Å². The number of hydrogen-bond donors (Lipinski definition) is 1. The number of pyridine rings is 1. The maximum atomic E-state index is 6.05. The lowest BCUT2D eigenvalue weighted by atomic mass is 9.99. The molecule has 4 rings (SSSR count). The van der Waals surface area contributed by atoms with Crippen LogP contribution in [0.5, 0.6) is 0 Å². The van der Waals surface area contributed by atoms with Gasteiger partial charge in [-0.2, -0.15) is 0 Å². The van der Waals surface area contributed by atoms with E-state index in [0.717, 1.165) is 50.2 Å². The van der Waals surface area contributed by atoms with E-state index in [1.165, 1.54) is 23.1 Å². The topological polar surface area (TPSA) is 54.6 Å². The molecule has 2 N–H and O–H groups in total. The summed E-state index contributed by atoms with van der Waals surface area (Å²) in [6.45, 7) is 8.78. The third-order valence-electron chi connectivity index (χ3n) is 5.32. The van der Waals surface area contributed by atoms with E-state index in [1.807, 2.05) is 6.07 Å². The number of aromatic nitrogens is 1. The molecule has 2 aliphatic heterocycles. The second kappa shape index (κ2) is 6.56. The molecule has 0 aliphatic carbocycles. The molecule has 2 aromatic rings. The van der Waals surface area contributed by atoms with E-state index in [2.05, 4.69) is 47.9 Å². The van der Waals surface area contributed by atoms with Crippen molar-refractivity contribution in [3.8, 4) is 11.1 Å². The van der Waals surface area contributed by atoms with Crippen LogP contribution in [-0.4, -0.2) is 43.9 Å². The average Bonchev–Trinajstić information content (AvgIpc) is 2.63. The fourth-order valence-electron chi connectivity index (χ4n) is 3.57. The van der Waals surface area contributed by atoms with Crippen molar-refractivity contribution in [1.29, 1.82) is 0 Å². The molecule has 0 unspecified atom stereocenters. The van der Waals surface area contributed by atoms with Crippen molar-refractivity contribution in [1.82, 2.24) is 4.98 Å². The molecule has 25 heavy (non-hydrogen) atoms. The molecule has 0 saturated carbocycles. The Kier molecular flexibility index (Phi) is 4.25. The molecular weight excluding hydrogens is 312 g/mol. The molecule has 2 saturated heterocycles. The summed E-state index contributed by atoms with van der Waals surface area (Å²) in [7, 11) is 0. The van der Waals surface area contributed by atoms with Gasteiger partial charge in [0.1, 0.15) is 11.6 Å². The Bertz CT molecular complexity index is 770. The van der Waals surface area contributed by atoms with Gasteiger partial charge in [-0.1, -0.05) is 6.07 Å². The Morgan fingerprint density at radius 1 is 1.08 bits per heavy atom. The van der Waals surface area contributed by atoms with E-state index >= 15 is 0 Å². The molecule has 2 fully saturated rings. The molecule has 132 valence electrons. The van der Waals surface area contributed by atoms with E-state index in [-0.39, 0.29) is 0 Å². The van der Waals surface area contributed by atoms with Crippen LogP contribution in [0.3, 0.4) is 0 Å². The number of morpholine rings is 1. The van der Waals surface area contributed by atoms with Gasteiger partial charge in [-0.05, 0) is 61.2 Å². The molecule has 0 radical (unpaired) electrons. The van der Waals surface area contributed by atoms with Gasteiger partial charge in [0, 0.05) is 31.4 Å². The summed E-state index contributed by atoms with van der Waals surface area (Å²) in [6, 6.07) is 11.1. The minimum Gasteiger partial charge on any atom is -0.399 e. The highest BCUT2D eigenvalue weighted by atomic mass is 16.5. The Morgan fingerprint density at radius 3 is 2.52 bits per heavy atom. The summed E-state index contributed by atoms with van der Waals surface area (Å²) in [4.78, 5) is 9.68. The van der Waals surface area contributed by atoms with Gasteiger partial charge in [0.25, 0.3) is 0 Å². The normalized spacial score (nSPS) is 20.5. The maximum absolute atomic E-state index is 6.05. The van der Waals surface area contributed by atoms with Crippen LogP contribution < -0.4 is 15.5 Å². The van der Waals surface area contributed by atoms with Crippen LogP contribution in [0, 0.1) is 6.92 Å². The number of nitrogen functional groups attached to an aromatic ring is 1. The first-order valence-electron chi connectivity index (χ1n) is 9.10. The zero-order chi connectivity index (χ0) is 17.4. The Labute approximate surface area is 149 Å². The third kappa shape index (κ3) is 3.16. The predicted octanol–water partition coefficient (Wildman–Crippen LogP) is 3.07. The largest absolute Gasteiger partial charge is 0.399 e. The van der Waals surface area contributed by atoms with Crippen LogP contribution in [-0.2, 0) is 4.74 Å². The van der Waals surface area contributed by atoms with Crippen LogP contribution >= 0.6 is 0 Å². The number of aryl methyl sites for hydroxylation is 1. The fraction of sp³-hybridized carbons (Fsp3) is 0.450. The minimum atomic E-state index is 0.558. The number of benzene rings is 1. The fourth-order valence-corrected chi connectivity index (χ4v) is 3.57. The van der Waals surface area contributed by atoms with Gasteiger partial charge in [-0.15, -0.1) is 0 Å². The number of nitrogens with two attached hydrogens (primary N) is 1. The van der Waals surface area contributed by atoms with Gasteiger partial charge < -0.3 is 20.3 Å². The summed E-state index contributed by atoms with van der Waals surface area (Å²) in [5, 5.41) is 0. The van der Waals surface area contributed by atoms with Gasteiger partial charge in [-0.3, -0.25) is 0 Å². The highest BCUT2D eigenvalue weighted by Crippen LogP contribution is 2.34. The second-order valence-electron chi connectivity index (χ2n) is 7.08. The molecule has 0 spiro atoms. The van der Waals surface area contributed by atoms with Gasteiger partial charge in [-0.25, -0.2) is 4.98 Å². The van der Waals surface area contributed by atoms with Crippen LogP contribution in [0.1, 0.15) is 18.9 Å². The van der Waals surface area contributed by atoms with Gasteiger partial charge in [0.2, 0.25) is 0 Å². The molecule has 1 aromatic carbocycles. The molecule has 0 bridgehead atoms. The first-order valence-corrected chi connectivity index (χ1v) is 9.10. The SMILES string of the molecule is Cc1ccc(N)cc1-c1cc(N2CCOCC2)nc(N2CC[C@@H]2C)c1. The van der Waals surface area contributed by atoms with Crippen molar-refractivity contribution in [3.05, 3.63) is 35.9 Å². The Balaban J connectivity index is 1.79. The molecule has 3 heterocycles. The smallest absolute Gasteiger partial charge is 0.131 e. The predicted molar refractivity (Wildman–Crippen MR) is 103 cm³/mol. The first-order chi connectivity index (χ1) is 12.1. The van der Waals surface area contributed by atoms with Crippen LogP contribution in [0.2, 0.25) is 0 Å². The van der Waals surface area contributed by atoms with Crippen molar-refractivity contribution < 1.29 is 4.74 Å². The lowest BCUT2D eigenvalue weighted by molar-refractivity contribution is 0.122. The summed E-state index contributed by atoms with van der Waals surface area (Å²) >= 11 is 0. The highest BCUT2D eigenvalue weighted by molar-refractivity contribution is 5.76. The van der Waals surface area contributed by atoms with E-state index in [1.54, 1.807) is 0 Å². The van der Waals surface area contributed by atoms with Crippen molar-refractivity contribution in [2.24, 2.45) is 0 Å². The summed E-state index contributed by atoms with van der Waals surface area (Å²) in [6.07, 6.45) is 1.23. The van der Waals surface area contributed by atoms with Crippen molar-refractivity contribution in [2.75, 3.05) is 48.4 Å². The lowest BCUT2D eigenvalue weighted by Crippen LogP contribution is -2.46. The lowest BCUT2D eigenvalue weighted by Gasteiger charge is -2.40. The Hall–Kier alpha value is -2.27. The number of hydrogen-bond acceptors (Lipinski definition) is 5. The zero-order valence-electron chi connectivity index (χ0n) is 15.0. The molecule has 1 aromatic heterocycles. The van der Waals surface area contributed by atoms with Crippen molar-refractivity contribution >= 4 is 17.3 Å².